The van der Waals surface area contributed by atoms with Crippen molar-refractivity contribution in [2.75, 3.05) is 26.7 Å². The molecule has 4 nitrogen and oxygen atoms in total. The fourth-order valence-corrected chi connectivity index (χ4v) is 1.39. The second-order valence-electron chi connectivity index (χ2n) is 3.46. The van der Waals surface area contributed by atoms with Crippen molar-refractivity contribution in [3.8, 4) is 0 Å². The van der Waals surface area contributed by atoms with E-state index in [9.17, 15) is 0 Å². The van der Waals surface area contributed by atoms with Gasteiger partial charge in [0, 0.05) is 26.6 Å². The molecular formula is C11H20N2O2. The second-order valence-corrected chi connectivity index (χ2v) is 3.46. The molecule has 0 aliphatic carbocycles. The van der Waals surface area contributed by atoms with Crippen LogP contribution in [0.2, 0.25) is 0 Å². The maximum Gasteiger partial charge on any atom is 0.105 e. The Morgan fingerprint density at radius 3 is 3.00 bits per heavy atom. The molecule has 1 unspecified atom stereocenters. The minimum atomic E-state index is 0.168. The monoisotopic (exact) mass is 212 g/mol. The molecule has 0 spiro atoms. The van der Waals surface area contributed by atoms with Crippen LogP contribution >= 0.6 is 0 Å². The van der Waals surface area contributed by atoms with Gasteiger partial charge in [0.15, 0.2) is 0 Å². The largest absolute Gasteiger partial charge is 0.469 e. The molecule has 1 aromatic rings. The van der Waals surface area contributed by atoms with Gasteiger partial charge in [-0.1, -0.05) is 0 Å². The van der Waals surface area contributed by atoms with Crippen molar-refractivity contribution in [3.05, 3.63) is 24.2 Å². The average Bonchev–Trinajstić information content (AvgIpc) is 2.76. The number of furan rings is 1. The van der Waals surface area contributed by atoms with Crippen LogP contribution in [0.25, 0.3) is 0 Å². The Kier molecular flexibility index (Phi) is 6.08. The molecule has 1 heterocycles. The molecule has 0 amide bonds. The summed E-state index contributed by atoms with van der Waals surface area (Å²) in [6, 6.07) is 3.89. The predicted molar refractivity (Wildman–Crippen MR) is 59.8 cm³/mol. The Labute approximate surface area is 90.8 Å². The van der Waals surface area contributed by atoms with E-state index in [1.165, 1.54) is 0 Å². The van der Waals surface area contributed by atoms with E-state index in [4.69, 9.17) is 14.9 Å². The standard InChI is InChI=1S/C11H20N2O2/c1-14-11(9-12)5-7-13-6-4-10-3-2-8-15-10/h2-3,8,11,13H,4-7,9,12H2,1H3. The van der Waals surface area contributed by atoms with Crippen LogP contribution in [0.4, 0.5) is 0 Å². The van der Waals surface area contributed by atoms with Crippen molar-refractivity contribution >= 4 is 0 Å². The maximum atomic E-state index is 5.51. The molecule has 1 rings (SSSR count). The fraction of sp³-hybridized carbons (Fsp3) is 0.636. The summed E-state index contributed by atoms with van der Waals surface area (Å²) in [7, 11) is 1.69. The summed E-state index contributed by atoms with van der Waals surface area (Å²) in [6.07, 6.45) is 3.74. The van der Waals surface area contributed by atoms with E-state index < -0.39 is 0 Å². The van der Waals surface area contributed by atoms with E-state index in [0.29, 0.717) is 6.54 Å². The predicted octanol–water partition coefficient (Wildman–Crippen LogP) is 0.776. The smallest absolute Gasteiger partial charge is 0.105 e. The third-order valence-electron chi connectivity index (χ3n) is 2.37. The third-order valence-corrected chi connectivity index (χ3v) is 2.37. The molecular weight excluding hydrogens is 192 g/mol. The van der Waals surface area contributed by atoms with Crippen LogP contribution in [-0.2, 0) is 11.2 Å². The van der Waals surface area contributed by atoms with Crippen LogP contribution in [-0.4, -0.2) is 32.8 Å². The van der Waals surface area contributed by atoms with Gasteiger partial charge >= 0.3 is 0 Å². The summed E-state index contributed by atoms with van der Waals surface area (Å²) in [6.45, 7) is 2.43. The average molecular weight is 212 g/mol. The molecule has 15 heavy (non-hydrogen) atoms. The Balaban J connectivity index is 1.97. The lowest BCUT2D eigenvalue weighted by Gasteiger charge is -2.12. The highest BCUT2D eigenvalue weighted by Crippen LogP contribution is 1.99. The molecule has 4 heteroatoms. The van der Waals surface area contributed by atoms with E-state index in [-0.39, 0.29) is 6.10 Å². The first-order valence-electron chi connectivity index (χ1n) is 5.32. The molecule has 0 bridgehead atoms. The lowest BCUT2D eigenvalue weighted by Crippen LogP contribution is -2.28. The molecule has 86 valence electrons. The molecule has 0 saturated carbocycles. The van der Waals surface area contributed by atoms with Crippen molar-refractivity contribution < 1.29 is 9.15 Å². The summed E-state index contributed by atoms with van der Waals surface area (Å²) in [4.78, 5) is 0. The number of hydrogen-bond donors (Lipinski definition) is 2. The first-order chi connectivity index (χ1) is 7.36. The zero-order chi connectivity index (χ0) is 10.9. The fourth-order valence-electron chi connectivity index (χ4n) is 1.39. The van der Waals surface area contributed by atoms with Crippen LogP contribution in [0.3, 0.4) is 0 Å². The molecule has 0 aliphatic heterocycles. The minimum Gasteiger partial charge on any atom is -0.469 e. The van der Waals surface area contributed by atoms with Crippen molar-refractivity contribution in [2.45, 2.75) is 18.9 Å². The highest BCUT2D eigenvalue weighted by Gasteiger charge is 2.03. The van der Waals surface area contributed by atoms with Gasteiger partial charge in [-0.3, -0.25) is 0 Å². The normalized spacial score (nSPS) is 12.9. The number of methoxy groups -OCH3 is 1. The second kappa shape index (κ2) is 7.45. The summed E-state index contributed by atoms with van der Waals surface area (Å²) < 4.78 is 10.4. The molecule has 0 saturated heterocycles. The highest BCUT2D eigenvalue weighted by molar-refractivity contribution is 4.98. The van der Waals surface area contributed by atoms with E-state index in [2.05, 4.69) is 5.32 Å². The lowest BCUT2D eigenvalue weighted by molar-refractivity contribution is 0.102. The van der Waals surface area contributed by atoms with Crippen molar-refractivity contribution in [2.24, 2.45) is 5.73 Å². The van der Waals surface area contributed by atoms with Gasteiger partial charge in [0.25, 0.3) is 0 Å². The maximum absolute atomic E-state index is 5.51. The van der Waals surface area contributed by atoms with Crippen LogP contribution in [0, 0.1) is 0 Å². The van der Waals surface area contributed by atoms with Gasteiger partial charge in [-0.2, -0.15) is 0 Å². The van der Waals surface area contributed by atoms with Crippen molar-refractivity contribution in [1.29, 1.82) is 0 Å². The number of rotatable bonds is 8. The quantitative estimate of drug-likeness (QED) is 0.625. The molecule has 0 aromatic carbocycles. The Morgan fingerprint density at radius 1 is 1.53 bits per heavy atom. The summed E-state index contributed by atoms with van der Waals surface area (Å²) >= 11 is 0. The van der Waals surface area contributed by atoms with Gasteiger partial charge in [0.2, 0.25) is 0 Å². The van der Waals surface area contributed by atoms with E-state index >= 15 is 0 Å². The first-order valence-corrected chi connectivity index (χ1v) is 5.32. The van der Waals surface area contributed by atoms with Gasteiger partial charge in [0.1, 0.15) is 5.76 Å². The van der Waals surface area contributed by atoms with Crippen LogP contribution < -0.4 is 11.1 Å². The Bertz CT molecular complexity index is 233. The lowest BCUT2D eigenvalue weighted by atomic mass is 10.2. The van der Waals surface area contributed by atoms with Crippen LogP contribution in [0.15, 0.2) is 22.8 Å². The minimum absolute atomic E-state index is 0.168. The number of nitrogens with one attached hydrogen (secondary N) is 1. The van der Waals surface area contributed by atoms with Gasteiger partial charge in [-0.15, -0.1) is 0 Å². The zero-order valence-corrected chi connectivity index (χ0v) is 9.24. The van der Waals surface area contributed by atoms with Gasteiger partial charge in [-0.05, 0) is 25.1 Å². The van der Waals surface area contributed by atoms with Gasteiger partial charge in [0.05, 0.1) is 12.4 Å². The Morgan fingerprint density at radius 2 is 2.40 bits per heavy atom. The molecule has 0 radical (unpaired) electrons. The van der Waals surface area contributed by atoms with Gasteiger partial charge < -0.3 is 20.2 Å². The topological polar surface area (TPSA) is 60.4 Å². The van der Waals surface area contributed by atoms with Crippen LogP contribution in [0.1, 0.15) is 12.2 Å². The molecule has 0 aliphatic rings. The Hall–Kier alpha value is -0.840. The number of hydrogen-bond acceptors (Lipinski definition) is 4. The molecule has 1 atom stereocenters. The summed E-state index contributed by atoms with van der Waals surface area (Å²) in [5, 5.41) is 3.33. The number of nitrogens with two attached hydrogens (primary N) is 1. The number of ether oxygens (including phenoxy) is 1. The zero-order valence-electron chi connectivity index (χ0n) is 9.24. The molecule has 0 fully saturated rings. The van der Waals surface area contributed by atoms with Crippen molar-refractivity contribution in [1.82, 2.24) is 5.32 Å². The van der Waals surface area contributed by atoms with E-state index in [1.807, 2.05) is 12.1 Å². The highest BCUT2D eigenvalue weighted by atomic mass is 16.5. The van der Waals surface area contributed by atoms with Crippen molar-refractivity contribution in [3.63, 3.8) is 0 Å². The third kappa shape index (κ3) is 4.97. The summed E-state index contributed by atoms with van der Waals surface area (Å²) in [5.74, 6) is 1.02. The van der Waals surface area contributed by atoms with E-state index in [0.717, 1.165) is 31.7 Å². The summed E-state index contributed by atoms with van der Waals surface area (Å²) in [5.41, 5.74) is 5.51. The van der Waals surface area contributed by atoms with E-state index in [1.54, 1.807) is 13.4 Å². The first kappa shape index (κ1) is 12.2. The molecule has 3 N–H and O–H groups in total. The SMILES string of the molecule is COC(CN)CCNCCc1ccco1. The van der Waals surface area contributed by atoms with Crippen LogP contribution in [0.5, 0.6) is 0 Å². The van der Waals surface area contributed by atoms with Gasteiger partial charge in [-0.25, -0.2) is 0 Å². The molecule has 1 aromatic heterocycles.